The number of carbonyl (C=O) groups is 2. The van der Waals surface area contributed by atoms with E-state index in [4.69, 9.17) is 11.6 Å². The normalized spacial score (nSPS) is 14.7. The Hall–Kier alpha value is -2.85. The maximum absolute atomic E-state index is 12.5. The predicted octanol–water partition coefficient (Wildman–Crippen LogP) is 3.82. The van der Waals surface area contributed by atoms with Crippen molar-refractivity contribution in [3.63, 3.8) is 0 Å². The molecule has 1 aliphatic heterocycles. The molecule has 1 aliphatic rings. The van der Waals surface area contributed by atoms with E-state index in [1.165, 1.54) is 11.3 Å². The summed E-state index contributed by atoms with van der Waals surface area (Å²) < 4.78 is 0. The molecule has 0 atom stereocenters. The topological polar surface area (TPSA) is 90.5 Å². The van der Waals surface area contributed by atoms with Gasteiger partial charge < -0.3 is 10.6 Å². The molecule has 1 aromatic heterocycles. The number of aromatic nitrogens is 2. The zero-order valence-electron chi connectivity index (χ0n) is 19.2. The summed E-state index contributed by atoms with van der Waals surface area (Å²) >= 11 is 7.17. The molecular formula is C24H27ClN6O2S. The maximum Gasteiger partial charge on any atom is 0.286 e. The highest BCUT2D eigenvalue weighted by Gasteiger charge is 2.21. The Balaban J connectivity index is 1.22. The summed E-state index contributed by atoms with van der Waals surface area (Å²) in [4.78, 5) is 29.3. The van der Waals surface area contributed by atoms with Crippen LogP contribution in [0.25, 0.3) is 0 Å². The summed E-state index contributed by atoms with van der Waals surface area (Å²) in [6.07, 6.45) is 0. The van der Waals surface area contributed by atoms with E-state index in [2.05, 4.69) is 30.6 Å². The molecule has 3 aromatic rings. The van der Waals surface area contributed by atoms with Gasteiger partial charge in [0.2, 0.25) is 10.9 Å². The minimum Gasteiger partial charge on any atom is -0.325 e. The Kier molecular flexibility index (Phi) is 7.89. The van der Waals surface area contributed by atoms with Gasteiger partial charge in [0, 0.05) is 42.6 Å². The third kappa shape index (κ3) is 6.38. The molecule has 1 fully saturated rings. The van der Waals surface area contributed by atoms with Crippen LogP contribution in [-0.2, 0) is 11.3 Å². The molecule has 0 unspecified atom stereocenters. The van der Waals surface area contributed by atoms with Crippen LogP contribution in [-0.4, -0.2) is 64.5 Å². The van der Waals surface area contributed by atoms with Crippen LogP contribution in [0.15, 0.2) is 42.5 Å². The molecule has 10 heteroatoms. The van der Waals surface area contributed by atoms with Crippen LogP contribution in [0.5, 0.6) is 0 Å². The number of benzene rings is 2. The molecule has 2 aromatic carbocycles. The first kappa shape index (κ1) is 24.3. The number of hydrogen-bond donors (Lipinski definition) is 2. The number of amides is 2. The second-order valence-corrected chi connectivity index (χ2v) is 9.81. The first-order chi connectivity index (χ1) is 16.4. The third-order valence-electron chi connectivity index (χ3n) is 5.83. The first-order valence-electron chi connectivity index (χ1n) is 11.1. The summed E-state index contributed by atoms with van der Waals surface area (Å²) in [5, 5.41) is 15.8. The van der Waals surface area contributed by atoms with Crippen molar-refractivity contribution in [3.8, 4) is 0 Å². The molecule has 4 rings (SSSR count). The van der Waals surface area contributed by atoms with Gasteiger partial charge in [0.25, 0.3) is 5.91 Å². The third-order valence-corrected chi connectivity index (χ3v) is 6.99. The number of carbonyl (C=O) groups excluding carboxylic acids is 2. The lowest BCUT2D eigenvalue weighted by atomic mass is 10.1. The van der Waals surface area contributed by atoms with Crippen molar-refractivity contribution in [2.45, 2.75) is 20.4 Å². The Morgan fingerprint density at radius 2 is 1.68 bits per heavy atom. The Labute approximate surface area is 207 Å². The van der Waals surface area contributed by atoms with Crippen molar-refractivity contribution in [2.75, 3.05) is 43.4 Å². The highest BCUT2D eigenvalue weighted by atomic mass is 35.5. The van der Waals surface area contributed by atoms with Crippen LogP contribution in [0.4, 0.5) is 11.4 Å². The standard InChI is InChI=1S/C24H27ClN6O2S/c1-16-4-3-5-20(17(16)2)27-21(32)14-30-10-12-31(13-11-30)15-22-28-29-24(34-22)23(33)26-19-8-6-18(25)7-9-19/h3-9H,10-15H2,1-2H3,(H,26,33)(H,27,32). The number of hydrogen-bond acceptors (Lipinski definition) is 7. The SMILES string of the molecule is Cc1cccc(NC(=O)CN2CCN(Cc3nnc(C(=O)Nc4ccc(Cl)cc4)s3)CC2)c1C. The largest absolute Gasteiger partial charge is 0.325 e. The van der Waals surface area contributed by atoms with Crippen LogP contribution in [0, 0.1) is 13.8 Å². The summed E-state index contributed by atoms with van der Waals surface area (Å²) in [6, 6.07) is 12.8. The summed E-state index contributed by atoms with van der Waals surface area (Å²) in [7, 11) is 0. The average molecular weight is 499 g/mol. The van der Waals surface area contributed by atoms with E-state index < -0.39 is 0 Å². The quantitative estimate of drug-likeness (QED) is 0.514. The average Bonchev–Trinajstić information content (AvgIpc) is 3.28. The highest BCUT2D eigenvalue weighted by Crippen LogP contribution is 2.19. The number of aryl methyl sites for hydroxylation is 1. The van der Waals surface area contributed by atoms with Crippen molar-refractivity contribution < 1.29 is 9.59 Å². The van der Waals surface area contributed by atoms with Crippen molar-refractivity contribution in [1.29, 1.82) is 0 Å². The monoisotopic (exact) mass is 498 g/mol. The Bertz CT molecular complexity index is 1160. The highest BCUT2D eigenvalue weighted by molar-refractivity contribution is 7.13. The van der Waals surface area contributed by atoms with E-state index in [1.54, 1.807) is 24.3 Å². The fourth-order valence-electron chi connectivity index (χ4n) is 3.70. The molecule has 0 radical (unpaired) electrons. The molecule has 0 spiro atoms. The molecule has 2 heterocycles. The van der Waals surface area contributed by atoms with Crippen LogP contribution in [0.3, 0.4) is 0 Å². The fourth-order valence-corrected chi connectivity index (χ4v) is 4.61. The van der Waals surface area contributed by atoms with Crippen molar-refractivity contribution in [3.05, 3.63) is 68.6 Å². The van der Waals surface area contributed by atoms with Gasteiger partial charge in [-0.15, -0.1) is 10.2 Å². The van der Waals surface area contributed by atoms with Crippen LogP contribution in [0.1, 0.15) is 25.9 Å². The Morgan fingerprint density at radius 3 is 2.41 bits per heavy atom. The smallest absolute Gasteiger partial charge is 0.286 e. The number of rotatable bonds is 7. The number of halogens is 1. The molecule has 0 saturated carbocycles. The molecule has 1 saturated heterocycles. The van der Waals surface area contributed by atoms with Crippen molar-refractivity contribution >= 4 is 46.1 Å². The first-order valence-corrected chi connectivity index (χ1v) is 12.3. The summed E-state index contributed by atoms with van der Waals surface area (Å²) in [5.74, 6) is -0.284. The molecule has 2 N–H and O–H groups in total. The maximum atomic E-state index is 12.5. The van der Waals surface area contributed by atoms with E-state index in [-0.39, 0.29) is 11.8 Å². The van der Waals surface area contributed by atoms with Gasteiger partial charge in [-0.25, -0.2) is 0 Å². The van der Waals surface area contributed by atoms with Gasteiger partial charge in [-0.05, 0) is 55.3 Å². The molecule has 0 bridgehead atoms. The van der Waals surface area contributed by atoms with Gasteiger partial charge >= 0.3 is 0 Å². The van der Waals surface area contributed by atoms with E-state index in [9.17, 15) is 9.59 Å². The van der Waals surface area contributed by atoms with Crippen molar-refractivity contribution in [2.24, 2.45) is 0 Å². The van der Waals surface area contributed by atoms with Gasteiger partial charge in [-0.1, -0.05) is 35.1 Å². The molecule has 0 aliphatic carbocycles. The Morgan fingerprint density at radius 1 is 0.971 bits per heavy atom. The summed E-state index contributed by atoms with van der Waals surface area (Å²) in [6.45, 7) is 8.29. The van der Waals surface area contributed by atoms with Gasteiger partial charge in [0.05, 0.1) is 13.1 Å². The summed E-state index contributed by atoms with van der Waals surface area (Å²) in [5.41, 5.74) is 3.78. The number of anilines is 2. The van der Waals surface area contributed by atoms with E-state index in [0.717, 1.165) is 48.0 Å². The lowest BCUT2D eigenvalue weighted by Gasteiger charge is -2.33. The zero-order chi connectivity index (χ0) is 24.1. The molecular weight excluding hydrogens is 472 g/mol. The second-order valence-electron chi connectivity index (χ2n) is 8.31. The minimum atomic E-state index is -0.286. The number of piperazine rings is 1. The molecule has 8 nitrogen and oxygen atoms in total. The van der Waals surface area contributed by atoms with Crippen LogP contribution < -0.4 is 10.6 Å². The second kappa shape index (κ2) is 11.1. The lowest BCUT2D eigenvalue weighted by molar-refractivity contribution is -0.117. The van der Waals surface area contributed by atoms with Gasteiger partial charge in [-0.3, -0.25) is 19.4 Å². The number of nitrogens with zero attached hydrogens (tertiary/aromatic N) is 4. The van der Waals surface area contributed by atoms with Gasteiger partial charge in [0.1, 0.15) is 5.01 Å². The van der Waals surface area contributed by atoms with E-state index >= 15 is 0 Å². The lowest BCUT2D eigenvalue weighted by Crippen LogP contribution is -2.48. The van der Waals surface area contributed by atoms with Gasteiger partial charge in [0.15, 0.2) is 0 Å². The molecule has 2 amide bonds. The zero-order valence-corrected chi connectivity index (χ0v) is 20.7. The predicted molar refractivity (Wildman–Crippen MR) is 136 cm³/mol. The fraction of sp³-hybridized carbons (Fsp3) is 0.333. The molecule has 178 valence electrons. The van der Waals surface area contributed by atoms with E-state index in [0.29, 0.717) is 28.8 Å². The van der Waals surface area contributed by atoms with Crippen molar-refractivity contribution in [1.82, 2.24) is 20.0 Å². The minimum absolute atomic E-state index is 0.00242. The number of nitrogens with one attached hydrogen (secondary N) is 2. The van der Waals surface area contributed by atoms with Gasteiger partial charge in [-0.2, -0.15) is 0 Å². The molecule has 34 heavy (non-hydrogen) atoms. The van der Waals surface area contributed by atoms with Crippen LogP contribution in [0.2, 0.25) is 5.02 Å². The van der Waals surface area contributed by atoms with Crippen LogP contribution >= 0.6 is 22.9 Å². The van der Waals surface area contributed by atoms with E-state index in [1.807, 2.05) is 32.0 Å².